The van der Waals surface area contributed by atoms with Crippen LogP contribution in [0.25, 0.3) is 0 Å². The van der Waals surface area contributed by atoms with E-state index in [1.54, 1.807) is 7.05 Å². The molecule has 0 aliphatic carbocycles. The smallest absolute Gasteiger partial charge is 0.456 e. The van der Waals surface area contributed by atoms with E-state index in [0.29, 0.717) is 13.0 Å². The van der Waals surface area contributed by atoms with Crippen molar-refractivity contribution in [3.63, 3.8) is 0 Å². The van der Waals surface area contributed by atoms with E-state index in [1.165, 1.54) is 0 Å². The van der Waals surface area contributed by atoms with Gasteiger partial charge in [0, 0.05) is 11.8 Å². The molecule has 1 amide bonds. The van der Waals surface area contributed by atoms with Crippen molar-refractivity contribution in [2.75, 3.05) is 32.3 Å². The number of rotatable bonds is 10. The zero-order valence-electron chi connectivity index (χ0n) is 17.1. The van der Waals surface area contributed by atoms with E-state index < -0.39 is 36.8 Å². The van der Waals surface area contributed by atoms with E-state index in [0.717, 1.165) is 36.4 Å². The van der Waals surface area contributed by atoms with E-state index in [1.807, 2.05) is 0 Å². The molecule has 8 nitrogen and oxygen atoms in total. The Morgan fingerprint density at radius 3 is 2.42 bits per heavy atom. The third-order valence-electron chi connectivity index (χ3n) is 3.80. The number of nitrogens with one attached hydrogen (secondary N) is 2. The Labute approximate surface area is 190 Å². The lowest BCUT2D eigenvalue weighted by Crippen LogP contribution is -2.18. The average molecular weight is 495 g/mol. The maximum atomic E-state index is 13.9. The summed E-state index contributed by atoms with van der Waals surface area (Å²) in [5.74, 6) is -2.49. The molecule has 0 fully saturated rings. The van der Waals surface area contributed by atoms with Gasteiger partial charge >= 0.3 is 12.5 Å². The van der Waals surface area contributed by atoms with Gasteiger partial charge in [0.15, 0.2) is 0 Å². The normalized spacial score (nSPS) is 11.0. The summed E-state index contributed by atoms with van der Waals surface area (Å²) in [5.41, 5.74) is -0.106. The van der Waals surface area contributed by atoms with Crippen LogP contribution >= 0.6 is 11.6 Å². The van der Waals surface area contributed by atoms with Crippen molar-refractivity contribution < 1.29 is 46.1 Å². The zero-order valence-corrected chi connectivity index (χ0v) is 17.9. The van der Waals surface area contributed by atoms with Gasteiger partial charge in [-0.15, -0.1) is 13.2 Å². The summed E-state index contributed by atoms with van der Waals surface area (Å²) in [6.07, 6.45) is -5.32. The Balaban J connectivity index is 2.01. The highest BCUT2D eigenvalue weighted by Gasteiger charge is 2.31. The van der Waals surface area contributed by atoms with Crippen molar-refractivity contribution in [3.8, 4) is 11.5 Å². The predicted octanol–water partition coefficient (Wildman–Crippen LogP) is 4.73. The molecule has 0 atom stereocenters. The number of hydrogen-bond donors (Lipinski definition) is 2. The van der Waals surface area contributed by atoms with Crippen molar-refractivity contribution >= 4 is 29.4 Å². The van der Waals surface area contributed by atoms with Crippen molar-refractivity contribution in [1.29, 1.82) is 0 Å². The van der Waals surface area contributed by atoms with Gasteiger partial charge in [0.2, 0.25) is 6.79 Å². The first-order valence-corrected chi connectivity index (χ1v) is 9.70. The fourth-order valence-electron chi connectivity index (χ4n) is 2.35. The number of amides is 1. The molecule has 2 aromatic carbocycles. The number of halogens is 5. The molecular formula is C20H19ClF4N2O6. The predicted molar refractivity (Wildman–Crippen MR) is 109 cm³/mol. The monoisotopic (exact) mass is 494 g/mol. The number of carbonyl (C=O) groups is 2. The van der Waals surface area contributed by atoms with Gasteiger partial charge in [0.1, 0.15) is 17.3 Å². The van der Waals surface area contributed by atoms with Gasteiger partial charge in [-0.1, -0.05) is 11.6 Å². The van der Waals surface area contributed by atoms with Gasteiger partial charge in [-0.2, -0.15) is 0 Å². The summed E-state index contributed by atoms with van der Waals surface area (Å²) in [4.78, 5) is 24.1. The topological polar surface area (TPSA) is 95.1 Å². The SMILES string of the molecule is CNCCCOC(=O)OCOc1cc(F)c(Cl)cc1C(=O)Nc1ccc(OC(F)(F)F)cc1. The Morgan fingerprint density at radius 2 is 1.79 bits per heavy atom. The fourth-order valence-corrected chi connectivity index (χ4v) is 2.51. The fraction of sp³-hybridized carbons (Fsp3) is 0.300. The molecule has 2 N–H and O–H groups in total. The van der Waals surface area contributed by atoms with E-state index in [9.17, 15) is 27.2 Å². The molecule has 0 heterocycles. The second kappa shape index (κ2) is 12.1. The lowest BCUT2D eigenvalue weighted by Gasteiger charge is -2.13. The largest absolute Gasteiger partial charge is 0.573 e. The first-order valence-electron chi connectivity index (χ1n) is 9.32. The van der Waals surface area contributed by atoms with E-state index >= 15 is 0 Å². The minimum atomic E-state index is -4.86. The van der Waals surface area contributed by atoms with Crippen LogP contribution in [-0.2, 0) is 9.47 Å². The number of ether oxygens (including phenoxy) is 4. The first-order chi connectivity index (χ1) is 15.6. The second-order valence-electron chi connectivity index (χ2n) is 6.25. The molecule has 13 heteroatoms. The molecule has 2 aromatic rings. The third kappa shape index (κ3) is 9.02. The number of anilines is 1. The molecule has 2 rings (SSSR count). The Bertz CT molecular complexity index is 957. The molecule has 0 saturated carbocycles. The molecule has 33 heavy (non-hydrogen) atoms. The minimum absolute atomic E-state index is 0.107. The van der Waals surface area contributed by atoms with Gasteiger partial charge in [-0.3, -0.25) is 4.79 Å². The van der Waals surface area contributed by atoms with Crippen LogP contribution in [-0.4, -0.2) is 45.4 Å². The van der Waals surface area contributed by atoms with Crippen LogP contribution < -0.4 is 20.1 Å². The van der Waals surface area contributed by atoms with Gasteiger partial charge in [0.05, 0.1) is 17.2 Å². The summed E-state index contributed by atoms with van der Waals surface area (Å²) in [6, 6.07) is 6.12. The molecule has 0 bridgehead atoms. The molecule has 0 saturated heterocycles. The molecule has 0 spiro atoms. The van der Waals surface area contributed by atoms with E-state index in [4.69, 9.17) is 25.8 Å². The van der Waals surface area contributed by atoms with Gasteiger partial charge in [0.25, 0.3) is 5.91 Å². The molecular weight excluding hydrogens is 476 g/mol. The Hall–Kier alpha value is -3.25. The number of hydrogen-bond acceptors (Lipinski definition) is 7. The zero-order chi connectivity index (χ0) is 24.4. The summed E-state index contributed by atoms with van der Waals surface area (Å²) in [5, 5.41) is 4.89. The van der Waals surface area contributed by atoms with E-state index in [2.05, 4.69) is 15.4 Å². The van der Waals surface area contributed by atoms with Crippen molar-refractivity contribution in [2.45, 2.75) is 12.8 Å². The summed E-state index contributed by atoms with van der Waals surface area (Å²) in [7, 11) is 1.74. The minimum Gasteiger partial charge on any atom is -0.456 e. The van der Waals surface area contributed by atoms with Gasteiger partial charge < -0.3 is 29.6 Å². The summed E-state index contributed by atoms with van der Waals surface area (Å²) in [6.45, 7) is 0.0514. The lowest BCUT2D eigenvalue weighted by atomic mass is 10.1. The first kappa shape index (κ1) is 26.0. The quantitative estimate of drug-likeness (QED) is 0.213. The number of alkyl halides is 3. The molecule has 0 radical (unpaired) electrons. The van der Waals surface area contributed by atoms with Gasteiger partial charge in [-0.25, -0.2) is 9.18 Å². The molecule has 0 aliphatic rings. The van der Waals surface area contributed by atoms with Crippen LogP contribution in [0.2, 0.25) is 5.02 Å². The summed E-state index contributed by atoms with van der Waals surface area (Å²) < 4.78 is 69.0. The lowest BCUT2D eigenvalue weighted by molar-refractivity contribution is -0.274. The second-order valence-corrected chi connectivity index (χ2v) is 6.66. The van der Waals surface area contributed by atoms with Crippen LogP contribution in [0.4, 0.5) is 28.0 Å². The van der Waals surface area contributed by atoms with Crippen molar-refractivity contribution in [1.82, 2.24) is 5.32 Å². The highest BCUT2D eigenvalue weighted by molar-refractivity contribution is 6.31. The molecule has 0 aliphatic heterocycles. The van der Waals surface area contributed by atoms with Crippen LogP contribution in [0.3, 0.4) is 0 Å². The van der Waals surface area contributed by atoms with Crippen molar-refractivity contribution in [3.05, 3.63) is 52.8 Å². The Kier molecular flexibility index (Phi) is 9.55. The van der Waals surface area contributed by atoms with Crippen LogP contribution in [0.15, 0.2) is 36.4 Å². The Morgan fingerprint density at radius 1 is 1.09 bits per heavy atom. The van der Waals surface area contributed by atoms with Crippen LogP contribution in [0.1, 0.15) is 16.8 Å². The van der Waals surface area contributed by atoms with E-state index in [-0.39, 0.29) is 28.6 Å². The standard InChI is InChI=1S/C20H19ClF4N2O6/c1-26-7-2-8-30-19(29)32-11-31-17-10-16(22)15(21)9-14(17)18(28)27-12-3-5-13(6-4-12)33-20(23,24)25/h3-6,9-10,26H,2,7-8,11H2,1H3,(H,27,28). The number of benzene rings is 2. The van der Waals surface area contributed by atoms with Crippen LogP contribution in [0.5, 0.6) is 11.5 Å². The summed E-state index contributed by atoms with van der Waals surface area (Å²) >= 11 is 5.74. The number of carbonyl (C=O) groups excluding carboxylic acids is 2. The highest BCUT2D eigenvalue weighted by atomic mass is 35.5. The molecule has 0 unspecified atom stereocenters. The average Bonchev–Trinajstić information content (AvgIpc) is 2.74. The van der Waals surface area contributed by atoms with Gasteiger partial charge in [-0.05, 0) is 50.3 Å². The third-order valence-corrected chi connectivity index (χ3v) is 4.08. The molecule has 0 aromatic heterocycles. The van der Waals surface area contributed by atoms with Crippen LogP contribution in [0, 0.1) is 5.82 Å². The maximum Gasteiger partial charge on any atom is 0.573 e. The maximum absolute atomic E-state index is 13.9. The van der Waals surface area contributed by atoms with Crippen molar-refractivity contribution in [2.24, 2.45) is 0 Å². The highest BCUT2D eigenvalue weighted by Crippen LogP contribution is 2.28. The molecule has 180 valence electrons.